The van der Waals surface area contributed by atoms with E-state index in [4.69, 9.17) is 4.74 Å². The average molecular weight is 745 g/mol. The van der Waals surface area contributed by atoms with Gasteiger partial charge in [-0.1, -0.05) is 13.0 Å². The van der Waals surface area contributed by atoms with Crippen LogP contribution in [0.2, 0.25) is 0 Å². The van der Waals surface area contributed by atoms with Crippen molar-refractivity contribution in [1.82, 2.24) is 33.9 Å². The van der Waals surface area contributed by atoms with Crippen LogP contribution in [0.25, 0.3) is 16.7 Å². The van der Waals surface area contributed by atoms with Gasteiger partial charge >= 0.3 is 11.8 Å². The second-order valence-electron chi connectivity index (χ2n) is 15.3. The Bertz CT molecular complexity index is 2250. The summed E-state index contributed by atoms with van der Waals surface area (Å²) in [5.41, 5.74) is 1.73. The predicted molar refractivity (Wildman–Crippen MR) is 201 cm³/mol. The molecule has 0 saturated carbocycles. The molecule has 2 aromatic heterocycles. The molecule has 4 heterocycles. The smallest absolute Gasteiger partial charge is 0.407 e. The first-order chi connectivity index (χ1) is 25.1. The number of aromatic nitrogens is 4. The van der Waals surface area contributed by atoms with Crippen molar-refractivity contribution < 1.29 is 17.9 Å². The molecule has 4 aromatic rings. The van der Waals surface area contributed by atoms with Crippen molar-refractivity contribution in [2.24, 2.45) is 13.0 Å². The van der Waals surface area contributed by atoms with E-state index in [0.717, 1.165) is 48.9 Å². The number of hydrogen-bond donors (Lipinski definition) is 2. The van der Waals surface area contributed by atoms with E-state index in [1.54, 1.807) is 37.6 Å². The Labute approximate surface area is 309 Å². The summed E-state index contributed by atoms with van der Waals surface area (Å²) in [6.45, 7) is 10.7. The summed E-state index contributed by atoms with van der Waals surface area (Å²) in [6, 6.07) is 14.4. The summed E-state index contributed by atoms with van der Waals surface area (Å²) in [6.07, 6.45) is 4.42. The maximum Gasteiger partial charge on any atom is 0.407 e. The minimum Gasteiger partial charge on any atom is -0.444 e. The number of hydrogen-bond acceptors (Lipinski definition) is 9. The summed E-state index contributed by atoms with van der Waals surface area (Å²) in [7, 11) is -1.94. The lowest BCUT2D eigenvalue weighted by Crippen LogP contribution is -2.47. The van der Waals surface area contributed by atoms with Gasteiger partial charge in [-0.25, -0.2) is 18.0 Å². The van der Waals surface area contributed by atoms with Gasteiger partial charge in [0.2, 0.25) is 10.0 Å². The SMILES string of the molecule is CC(Cc1cc(S(=O)(=O)N2CCC(NC(=O)OC(C)(C)C)CC2)ccc1C#N)CN1CCC(c2ccc3c(-n4ccc(=O)[nH]c4=O)nn(C)c3c2)CC1. The monoisotopic (exact) mass is 744 g/mol. The van der Waals surface area contributed by atoms with Crippen molar-refractivity contribution in [2.75, 3.05) is 32.7 Å². The van der Waals surface area contributed by atoms with Gasteiger partial charge in [0.15, 0.2) is 5.82 Å². The number of ether oxygens (including phenoxy) is 1. The molecule has 15 heteroatoms. The van der Waals surface area contributed by atoms with Crippen LogP contribution in [0, 0.1) is 17.2 Å². The van der Waals surface area contributed by atoms with Gasteiger partial charge in [-0.05, 0) is 119 Å². The van der Waals surface area contributed by atoms with Crippen LogP contribution in [0.5, 0.6) is 0 Å². The second-order valence-corrected chi connectivity index (χ2v) is 17.3. The van der Waals surface area contributed by atoms with Crippen LogP contribution in [0.1, 0.15) is 76.0 Å². The van der Waals surface area contributed by atoms with Crippen LogP contribution >= 0.6 is 0 Å². The number of nitriles is 1. The number of alkyl carbamates (subject to hydrolysis) is 1. The number of amides is 1. The largest absolute Gasteiger partial charge is 0.444 e. The van der Waals surface area contributed by atoms with Gasteiger partial charge in [-0.3, -0.25) is 19.0 Å². The van der Waals surface area contributed by atoms with Crippen molar-refractivity contribution in [3.63, 3.8) is 0 Å². The number of sulfonamides is 1. The van der Waals surface area contributed by atoms with E-state index in [9.17, 15) is 28.1 Å². The Morgan fingerprint density at radius 2 is 1.77 bits per heavy atom. The third-order valence-electron chi connectivity index (χ3n) is 10.1. The molecule has 2 aromatic carbocycles. The fourth-order valence-electron chi connectivity index (χ4n) is 7.47. The van der Waals surface area contributed by atoms with E-state index < -0.39 is 33.0 Å². The molecule has 2 aliphatic rings. The molecule has 1 unspecified atom stereocenters. The third-order valence-corrected chi connectivity index (χ3v) is 12.0. The minimum absolute atomic E-state index is 0.167. The molecular weight excluding hydrogens is 697 g/mol. The number of benzene rings is 2. The van der Waals surface area contributed by atoms with Crippen molar-refractivity contribution in [3.8, 4) is 11.9 Å². The number of likely N-dealkylation sites (tertiary alicyclic amines) is 1. The van der Waals surface area contributed by atoms with Crippen LogP contribution in [0.4, 0.5) is 4.79 Å². The molecule has 2 fully saturated rings. The first-order valence-corrected chi connectivity index (χ1v) is 19.6. The molecule has 282 valence electrons. The Kier molecular flexibility index (Phi) is 11.0. The molecule has 2 aliphatic heterocycles. The Morgan fingerprint density at radius 1 is 1.06 bits per heavy atom. The van der Waals surface area contributed by atoms with Crippen molar-refractivity contribution in [2.45, 2.75) is 82.3 Å². The lowest BCUT2D eigenvalue weighted by Gasteiger charge is -2.34. The number of H-pyrrole nitrogens is 1. The molecule has 1 atom stereocenters. The molecule has 6 rings (SSSR count). The highest BCUT2D eigenvalue weighted by Crippen LogP contribution is 2.32. The molecule has 0 aliphatic carbocycles. The first-order valence-electron chi connectivity index (χ1n) is 18.2. The standard InChI is InChI=1S/C38H48N8O6S/c1-25(20-29-21-31(8-6-28(29)23-39)53(50,51)45-17-12-30(13-18-45)40-37(49)52-38(2,3)4)24-44-15-10-26(11-16-44)27-7-9-32-33(22-27)43(5)42-35(32)46-19-14-34(47)41-36(46)48/h6-9,14,19,21-22,25-26,30H,10-13,15-18,20,24H2,1-5H3,(H,40,49)(H,41,47,48). The van der Waals surface area contributed by atoms with Gasteiger partial charge < -0.3 is 15.0 Å². The molecule has 1 amide bonds. The highest BCUT2D eigenvalue weighted by atomic mass is 32.2. The molecular formula is C38H48N8O6S. The van der Waals surface area contributed by atoms with E-state index in [1.165, 1.54) is 32.8 Å². The number of aryl methyl sites for hydroxylation is 1. The summed E-state index contributed by atoms with van der Waals surface area (Å²) in [5.74, 6) is 1.02. The number of piperidine rings is 2. The number of aromatic amines is 1. The van der Waals surface area contributed by atoms with E-state index in [0.29, 0.717) is 36.6 Å². The highest BCUT2D eigenvalue weighted by Gasteiger charge is 2.32. The maximum atomic E-state index is 13.7. The summed E-state index contributed by atoms with van der Waals surface area (Å²) >= 11 is 0. The number of nitrogens with one attached hydrogen (secondary N) is 2. The number of carbonyl (C=O) groups excluding carboxylic acids is 1. The molecule has 2 N–H and O–H groups in total. The normalized spacial score (nSPS) is 17.4. The van der Waals surface area contributed by atoms with E-state index in [2.05, 4.69) is 45.4 Å². The van der Waals surface area contributed by atoms with Crippen LogP contribution in [0.3, 0.4) is 0 Å². The molecule has 0 radical (unpaired) electrons. The van der Waals surface area contributed by atoms with Crippen LogP contribution < -0.4 is 16.6 Å². The zero-order valence-corrected chi connectivity index (χ0v) is 31.8. The summed E-state index contributed by atoms with van der Waals surface area (Å²) in [5, 5.41) is 18.1. The zero-order valence-electron chi connectivity index (χ0n) is 31.0. The molecule has 14 nitrogen and oxygen atoms in total. The first kappa shape index (κ1) is 38.0. The Hall–Kier alpha value is -4.78. The zero-order chi connectivity index (χ0) is 38.1. The Morgan fingerprint density at radius 3 is 2.43 bits per heavy atom. The number of carbonyl (C=O) groups is 1. The molecule has 53 heavy (non-hydrogen) atoms. The number of nitrogens with zero attached hydrogens (tertiary/aromatic N) is 6. The fourth-order valence-corrected chi connectivity index (χ4v) is 8.99. The number of fused-ring (bicyclic) bond motifs is 1. The van der Waals surface area contributed by atoms with E-state index in [-0.39, 0.29) is 29.9 Å². The van der Waals surface area contributed by atoms with Crippen molar-refractivity contribution in [3.05, 3.63) is 86.2 Å². The van der Waals surface area contributed by atoms with Gasteiger partial charge in [0.25, 0.3) is 5.56 Å². The minimum atomic E-state index is -3.78. The van der Waals surface area contributed by atoms with E-state index >= 15 is 0 Å². The van der Waals surface area contributed by atoms with Crippen LogP contribution in [-0.4, -0.2) is 87.4 Å². The van der Waals surface area contributed by atoms with Gasteiger partial charge in [0.1, 0.15) is 5.60 Å². The summed E-state index contributed by atoms with van der Waals surface area (Å²) in [4.78, 5) is 41.1. The second kappa shape index (κ2) is 15.3. The quantitative estimate of drug-likeness (QED) is 0.257. The third kappa shape index (κ3) is 8.72. The Balaban J connectivity index is 1.05. The van der Waals surface area contributed by atoms with Crippen molar-refractivity contribution >= 4 is 27.0 Å². The molecule has 0 bridgehead atoms. The van der Waals surface area contributed by atoms with Gasteiger partial charge in [-0.15, -0.1) is 0 Å². The van der Waals surface area contributed by atoms with Gasteiger partial charge in [-0.2, -0.15) is 14.7 Å². The molecule has 0 spiro atoms. The topological polar surface area (TPSA) is 175 Å². The lowest BCUT2D eigenvalue weighted by atomic mass is 9.88. The van der Waals surface area contributed by atoms with Crippen LogP contribution in [-0.2, 0) is 28.2 Å². The highest BCUT2D eigenvalue weighted by molar-refractivity contribution is 7.89. The van der Waals surface area contributed by atoms with Crippen LogP contribution in [0.15, 0.2) is 63.1 Å². The summed E-state index contributed by atoms with van der Waals surface area (Å²) < 4.78 is 37.3. The van der Waals surface area contributed by atoms with Crippen molar-refractivity contribution in [1.29, 1.82) is 5.26 Å². The lowest BCUT2D eigenvalue weighted by molar-refractivity contribution is 0.0489. The fraction of sp³-hybridized carbons (Fsp3) is 0.500. The van der Waals surface area contributed by atoms with E-state index in [1.807, 2.05) is 13.1 Å². The van der Waals surface area contributed by atoms with Gasteiger partial charge in [0.05, 0.1) is 22.0 Å². The maximum absolute atomic E-state index is 13.7. The van der Waals surface area contributed by atoms with Gasteiger partial charge in [0, 0.05) is 50.4 Å². The predicted octanol–water partition coefficient (Wildman–Crippen LogP) is 4.02. The number of rotatable bonds is 9. The average Bonchev–Trinajstić information content (AvgIpc) is 3.42. The molecule has 2 saturated heterocycles.